The van der Waals surface area contributed by atoms with Gasteiger partial charge in [0.1, 0.15) is 5.15 Å². The van der Waals surface area contributed by atoms with E-state index in [1.807, 2.05) is 6.07 Å². The van der Waals surface area contributed by atoms with Crippen molar-refractivity contribution in [2.24, 2.45) is 5.73 Å². The predicted octanol–water partition coefficient (Wildman–Crippen LogP) is 3.51. The Morgan fingerprint density at radius 2 is 1.87 bits per heavy atom. The first-order valence-electron chi connectivity index (χ1n) is 5.22. The molecule has 0 amide bonds. The first-order valence-corrected chi connectivity index (χ1v) is 5.98. The van der Waals surface area contributed by atoms with Gasteiger partial charge in [0, 0.05) is 11.7 Å². The number of rotatable bonds is 1. The zero-order valence-electron chi connectivity index (χ0n) is 8.47. The minimum Gasteiger partial charge on any atom is -0.321 e. The number of hydrogen-bond donors (Lipinski definition) is 1. The van der Waals surface area contributed by atoms with Gasteiger partial charge in [0.15, 0.2) is 0 Å². The van der Waals surface area contributed by atoms with E-state index in [0.717, 1.165) is 18.4 Å². The summed E-state index contributed by atoms with van der Waals surface area (Å²) in [5, 5.41) is 0.837. The highest BCUT2D eigenvalue weighted by atomic mass is 35.5. The smallest absolute Gasteiger partial charge is 0.147 e. The van der Waals surface area contributed by atoms with Crippen LogP contribution in [0.25, 0.3) is 0 Å². The maximum absolute atomic E-state index is 6.36. The first-order chi connectivity index (χ1) is 7.12. The van der Waals surface area contributed by atoms with Gasteiger partial charge in [-0.1, -0.05) is 42.5 Å². The van der Waals surface area contributed by atoms with E-state index in [1.165, 1.54) is 19.3 Å². The Labute approximate surface area is 99.8 Å². The molecule has 15 heavy (non-hydrogen) atoms. The van der Waals surface area contributed by atoms with Crippen LogP contribution in [-0.2, 0) is 5.54 Å². The van der Waals surface area contributed by atoms with Gasteiger partial charge in [-0.05, 0) is 24.5 Å². The molecule has 0 aromatic carbocycles. The number of hydrogen-bond acceptors (Lipinski definition) is 2. The highest BCUT2D eigenvalue weighted by Gasteiger charge is 2.30. The highest BCUT2D eigenvalue weighted by Crippen LogP contribution is 2.36. The molecule has 2 N–H and O–H groups in total. The van der Waals surface area contributed by atoms with Gasteiger partial charge in [0.25, 0.3) is 0 Å². The third-order valence-electron chi connectivity index (χ3n) is 3.12. The van der Waals surface area contributed by atoms with Crippen molar-refractivity contribution in [1.29, 1.82) is 0 Å². The third kappa shape index (κ3) is 2.27. The lowest BCUT2D eigenvalue weighted by Crippen LogP contribution is -2.38. The Morgan fingerprint density at radius 3 is 2.47 bits per heavy atom. The van der Waals surface area contributed by atoms with Crippen molar-refractivity contribution in [3.8, 4) is 0 Å². The van der Waals surface area contributed by atoms with Crippen molar-refractivity contribution in [2.75, 3.05) is 0 Å². The van der Waals surface area contributed by atoms with E-state index in [9.17, 15) is 0 Å². The second kappa shape index (κ2) is 4.28. The van der Waals surface area contributed by atoms with Crippen LogP contribution in [0.3, 0.4) is 0 Å². The summed E-state index contributed by atoms with van der Waals surface area (Å²) in [5.41, 5.74) is 7.12. The molecule has 1 aliphatic rings. The molecule has 1 aromatic heterocycles. The SMILES string of the molecule is NC1(c2cnc(Cl)c(Cl)c2)CCCCC1. The van der Waals surface area contributed by atoms with Gasteiger partial charge in [0.2, 0.25) is 0 Å². The fourth-order valence-corrected chi connectivity index (χ4v) is 2.43. The molecule has 0 saturated heterocycles. The Kier molecular flexibility index (Phi) is 3.19. The van der Waals surface area contributed by atoms with Crippen molar-refractivity contribution >= 4 is 23.2 Å². The Morgan fingerprint density at radius 1 is 1.20 bits per heavy atom. The van der Waals surface area contributed by atoms with Crippen LogP contribution >= 0.6 is 23.2 Å². The Balaban J connectivity index is 2.31. The lowest BCUT2D eigenvalue weighted by Gasteiger charge is -2.33. The van der Waals surface area contributed by atoms with Crippen LogP contribution in [0.15, 0.2) is 12.3 Å². The molecule has 1 heterocycles. The van der Waals surface area contributed by atoms with Gasteiger partial charge >= 0.3 is 0 Å². The number of aromatic nitrogens is 1. The lowest BCUT2D eigenvalue weighted by atomic mass is 9.78. The van der Waals surface area contributed by atoms with Gasteiger partial charge in [-0.2, -0.15) is 0 Å². The summed E-state index contributed by atoms with van der Waals surface area (Å²) in [6.45, 7) is 0. The van der Waals surface area contributed by atoms with E-state index in [0.29, 0.717) is 10.2 Å². The molecule has 2 nitrogen and oxygen atoms in total. The molecule has 4 heteroatoms. The maximum Gasteiger partial charge on any atom is 0.147 e. The monoisotopic (exact) mass is 244 g/mol. The molecule has 0 unspecified atom stereocenters. The number of halogens is 2. The summed E-state index contributed by atoms with van der Waals surface area (Å²) in [6, 6.07) is 1.85. The van der Waals surface area contributed by atoms with Gasteiger partial charge in [-0.15, -0.1) is 0 Å². The fraction of sp³-hybridized carbons (Fsp3) is 0.545. The summed E-state index contributed by atoms with van der Waals surface area (Å²) in [5.74, 6) is 0. The molecule has 0 spiro atoms. The van der Waals surface area contributed by atoms with Gasteiger partial charge in [0.05, 0.1) is 5.02 Å². The minimum absolute atomic E-state index is 0.251. The van der Waals surface area contributed by atoms with Crippen LogP contribution in [0.5, 0.6) is 0 Å². The van der Waals surface area contributed by atoms with Crippen LogP contribution in [0, 0.1) is 0 Å². The van der Waals surface area contributed by atoms with Crippen LogP contribution < -0.4 is 5.73 Å². The largest absolute Gasteiger partial charge is 0.321 e. The average Bonchev–Trinajstić information content (AvgIpc) is 2.23. The maximum atomic E-state index is 6.36. The van der Waals surface area contributed by atoms with Crippen LogP contribution in [-0.4, -0.2) is 4.98 Å². The fourth-order valence-electron chi connectivity index (χ4n) is 2.16. The summed E-state index contributed by atoms with van der Waals surface area (Å²) in [4.78, 5) is 4.05. The summed E-state index contributed by atoms with van der Waals surface area (Å²) < 4.78 is 0. The highest BCUT2D eigenvalue weighted by molar-refractivity contribution is 6.41. The van der Waals surface area contributed by atoms with E-state index in [1.54, 1.807) is 6.20 Å². The van der Waals surface area contributed by atoms with Crippen LogP contribution in [0.4, 0.5) is 0 Å². The second-order valence-corrected chi connectivity index (χ2v) is 4.98. The molecule has 2 rings (SSSR count). The van der Waals surface area contributed by atoms with E-state index in [4.69, 9.17) is 28.9 Å². The number of pyridine rings is 1. The van der Waals surface area contributed by atoms with Crippen molar-refractivity contribution in [3.05, 3.63) is 28.0 Å². The Hall–Kier alpha value is -0.310. The van der Waals surface area contributed by atoms with Gasteiger partial charge in [-0.3, -0.25) is 0 Å². The van der Waals surface area contributed by atoms with Gasteiger partial charge < -0.3 is 5.73 Å². The van der Waals surface area contributed by atoms with E-state index < -0.39 is 0 Å². The quantitative estimate of drug-likeness (QED) is 0.769. The number of nitrogens with zero attached hydrogens (tertiary/aromatic N) is 1. The molecular formula is C11H14Cl2N2. The van der Waals surface area contributed by atoms with Crippen molar-refractivity contribution in [3.63, 3.8) is 0 Å². The van der Waals surface area contributed by atoms with Gasteiger partial charge in [-0.25, -0.2) is 4.98 Å². The topological polar surface area (TPSA) is 38.9 Å². The van der Waals surface area contributed by atoms with Crippen molar-refractivity contribution < 1.29 is 0 Å². The second-order valence-electron chi connectivity index (χ2n) is 4.21. The predicted molar refractivity (Wildman–Crippen MR) is 63.2 cm³/mol. The molecule has 82 valence electrons. The molecule has 1 aromatic rings. The molecule has 1 saturated carbocycles. The molecule has 1 fully saturated rings. The zero-order chi connectivity index (χ0) is 10.9. The molecule has 0 radical (unpaired) electrons. The standard InChI is InChI=1S/C11H14Cl2N2/c12-9-6-8(7-15-10(9)13)11(14)4-2-1-3-5-11/h6-7H,1-5,14H2. The molecule has 0 atom stereocenters. The minimum atomic E-state index is -0.251. The molecule has 0 aliphatic heterocycles. The van der Waals surface area contributed by atoms with E-state index in [2.05, 4.69) is 4.98 Å². The number of nitrogens with two attached hydrogens (primary N) is 1. The van der Waals surface area contributed by atoms with Crippen LogP contribution in [0.2, 0.25) is 10.2 Å². The van der Waals surface area contributed by atoms with Crippen molar-refractivity contribution in [1.82, 2.24) is 4.98 Å². The summed E-state index contributed by atoms with van der Waals surface area (Å²) in [6.07, 6.45) is 7.39. The first kappa shape index (κ1) is 11.2. The average molecular weight is 245 g/mol. The third-order valence-corrected chi connectivity index (χ3v) is 3.80. The van der Waals surface area contributed by atoms with Crippen molar-refractivity contribution in [2.45, 2.75) is 37.6 Å². The van der Waals surface area contributed by atoms with E-state index in [-0.39, 0.29) is 5.54 Å². The molecule has 0 bridgehead atoms. The normalized spacial score (nSPS) is 20.2. The molecular weight excluding hydrogens is 231 g/mol. The lowest BCUT2D eigenvalue weighted by molar-refractivity contribution is 0.301. The Bertz CT molecular complexity index is 360. The van der Waals surface area contributed by atoms with E-state index >= 15 is 0 Å². The molecule has 1 aliphatic carbocycles. The zero-order valence-corrected chi connectivity index (χ0v) is 9.98. The summed E-state index contributed by atoms with van der Waals surface area (Å²) >= 11 is 11.7. The van der Waals surface area contributed by atoms with Crippen LogP contribution in [0.1, 0.15) is 37.7 Å². The summed E-state index contributed by atoms with van der Waals surface area (Å²) in [7, 11) is 0.